The van der Waals surface area contributed by atoms with Gasteiger partial charge in [0.05, 0.1) is 4.90 Å². The van der Waals surface area contributed by atoms with E-state index in [1.807, 2.05) is 24.3 Å². The van der Waals surface area contributed by atoms with Crippen LogP contribution in [0.3, 0.4) is 0 Å². The van der Waals surface area contributed by atoms with E-state index in [0.717, 1.165) is 62.3 Å². The number of rotatable bonds is 5. The number of sulfonamides is 1. The first-order valence-corrected chi connectivity index (χ1v) is 13.8. The number of nitrogens with zero attached hydrogens (tertiary/aromatic N) is 4. The molecule has 1 fully saturated rings. The van der Waals surface area contributed by atoms with Gasteiger partial charge < -0.3 is 9.88 Å². The summed E-state index contributed by atoms with van der Waals surface area (Å²) in [7, 11) is -3.63. The number of aryl methyl sites for hydroxylation is 2. The molecule has 0 bridgehead atoms. The van der Waals surface area contributed by atoms with E-state index < -0.39 is 10.0 Å². The van der Waals surface area contributed by atoms with Gasteiger partial charge in [0.1, 0.15) is 5.82 Å². The summed E-state index contributed by atoms with van der Waals surface area (Å²) in [6, 6.07) is 12.4. The molecule has 1 N–H and O–H groups in total. The van der Waals surface area contributed by atoms with Gasteiger partial charge in [-0.1, -0.05) is 31.0 Å². The molecule has 9 heteroatoms. The quantitative estimate of drug-likeness (QED) is 0.568. The van der Waals surface area contributed by atoms with E-state index in [2.05, 4.69) is 20.1 Å². The zero-order valence-corrected chi connectivity index (χ0v) is 20.9. The van der Waals surface area contributed by atoms with Gasteiger partial charge in [-0.05, 0) is 62.4 Å². The third kappa shape index (κ3) is 4.88. The zero-order chi connectivity index (χ0) is 24.4. The van der Waals surface area contributed by atoms with Gasteiger partial charge in [0.25, 0.3) is 5.91 Å². The SMILES string of the molecule is Cc1ccc(C(=O)Nc2cccc(-c3nnc4n3CCCCC4)c2)cc1S(=O)(=O)N1CCCCC1. The third-order valence-electron chi connectivity index (χ3n) is 6.87. The Labute approximate surface area is 206 Å². The molecule has 3 aromatic rings. The van der Waals surface area contributed by atoms with E-state index in [9.17, 15) is 13.2 Å². The highest BCUT2D eigenvalue weighted by molar-refractivity contribution is 7.89. The number of piperidine rings is 1. The van der Waals surface area contributed by atoms with Crippen LogP contribution < -0.4 is 5.32 Å². The number of hydrogen-bond donors (Lipinski definition) is 1. The number of benzene rings is 2. The molecular weight excluding hydrogens is 462 g/mol. The van der Waals surface area contributed by atoms with Gasteiger partial charge in [0, 0.05) is 42.9 Å². The maximum Gasteiger partial charge on any atom is 0.255 e. The molecule has 0 saturated carbocycles. The van der Waals surface area contributed by atoms with Crippen molar-refractivity contribution in [3.8, 4) is 11.4 Å². The number of amides is 1. The summed E-state index contributed by atoms with van der Waals surface area (Å²) in [6.45, 7) is 3.71. The Morgan fingerprint density at radius 1 is 0.914 bits per heavy atom. The number of fused-ring (bicyclic) bond motifs is 1. The van der Waals surface area contributed by atoms with E-state index in [4.69, 9.17) is 0 Å². The highest BCUT2D eigenvalue weighted by atomic mass is 32.2. The summed E-state index contributed by atoms with van der Waals surface area (Å²) in [4.78, 5) is 13.3. The van der Waals surface area contributed by atoms with Crippen LogP contribution in [0.15, 0.2) is 47.4 Å². The topological polar surface area (TPSA) is 97.2 Å². The van der Waals surface area contributed by atoms with Crippen LogP contribution in [0.4, 0.5) is 5.69 Å². The third-order valence-corrected chi connectivity index (χ3v) is 8.91. The Hall–Kier alpha value is -3.04. The van der Waals surface area contributed by atoms with Crippen molar-refractivity contribution >= 4 is 21.6 Å². The van der Waals surface area contributed by atoms with Gasteiger partial charge in [0.15, 0.2) is 5.82 Å². The lowest BCUT2D eigenvalue weighted by Gasteiger charge is -2.26. The van der Waals surface area contributed by atoms with E-state index in [0.29, 0.717) is 29.9 Å². The number of carbonyl (C=O) groups excluding carboxylic acids is 1. The predicted octanol–water partition coefficient (Wildman–Crippen LogP) is 4.41. The van der Waals surface area contributed by atoms with Crippen LogP contribution >= 0.6 is 0 Å². The first-order valence-electron chi connectivity index (χ1n) is 12.4. The molecule has 0 unspecified atom stereocenters. The summed E-state index contributed by atoms with van der Waals surface area (Å²) >= 11 is 0. The maximum atomic E-state index is 13.2. The molecule has 2 aliphatic rings. The Bertz CT molecular complexity index is 1340. The number of carbonyl (C=O) groups is 1. The van der Waals surface area contributed by atoms with Crippen molar-refractivity contribution in [2.45, 2.75) is 63.3 Å². The van der Waals surface area contributed by atoms with Crippen molar-refractivity contribution in [2.24, 2.45) is 0 Å². The number of nitrogens with one attached hydrogen (secondary N) is 1. The first-order chi connectivity index (χ1) is 16.9. The minimum Gasteiger partial charge on any atom is -0.322 e. The van der Waals surface area contributed by atoms with Crippen LogP contribution in [0.1, 0.15) is 60.3 Å². The Morgan fingerprint density at radius 3 is 2.51 bits per heavy atom. The molecule has 8 nitrogen and oxygen atoms in total. The lowest BCUT2D eigenvalue weighted by Crippen LogP contribution is -2.36. The van der Waals surface area contributed by atoms with E-state index >= 15 is 0 Å². The molecular formula is C26H31N5O3S. The molecule has 5 rings (SSSR count). The second-order valence-corrected chi connectivity index (χ2v) is 11.3. The molecule has 3 heterocycles. The molecule has 0 aliphatic carbocycles. The summed E-state index contributed by atoms with van der Waals surface area (Å²) in [5, 5.41) is 11.7. The van der Waals surface area contributed by atoms with E-state index in [1.165, 1.54) is 16.8 Å². The second-order valence-electron chi connectivity index (χ2n) is 9.38. The van der Waals surface area contributed by atoms with Gasteiger partial charge in [-0.25, -0.2) is 8.42 Å². The zero-order valence-electron chi connectivity index (χ0n) is 20.0. The lowest BCUT2D eigenvalue weighted by atomic mass is 10.1. The molecule has 184 valence electrons. The Kier molecular flexibility index (Phi) is 6.71. The van der Waals surface area contributed by atoms with Crippen molar-refractivity contribution < 1.29 is 13.2 Å². The van der Waals surface area contributed by atoms with Crippen LogP contribution in [0.5, 0.6) is 0 Å². The fourth-order valence-electron chi connectivity index (χ4n) is 4.90. The number of hydrogen-bond acceptors (Lipinski definition) is 5. The fourth-order valence-corrected chi connectivity index (χ4v) is 6.67. The van der Waals surface area contributed by atoms with Gasteiger partial charge >= 0.3 is 0 Å². The minimum absolute atomic E-state index is 0.201. The van der Waals surface area contributed by atoms with Gasteiger partial charge in [-0.2, -0.15) is 4.31 Å². The standard InChI is InChI=1S/C26H31N5O3S/c1-19-12-13-21(18-23(19)35(33,34)30-14-5-3-6-15-30)26(32)27-22-10-8-9-20(17-22)25-29-28-24-11-4-2-7-16-31(24)25/h8-10,12-13,17-18H,2-7,11,14-16H2,1H3,(H,27,32). The van der Waals surface area contributed by atoms with E-state index in [1.54, 1.807) is 19.1 Å². The van der Waals surface area contributed by atoms with E-state index in [-0.39, 0.29) is 10.8 Å². The van der Waals surface area contributed by atoms with Crippen molar-refractivity contribution in [3.05, 3.63) is 59.4 Å². The highest BCUT2D eigenvalue weighted by Crippen LogP contribution is 2.27. The number of aromatic nitrogens is 3. The Morgan fingerprint density at radius 2 is 1.69 bits per heavy atom. The molecule has 0 radical (unpaired) electrons. The van der Waals surface area contributed by atoms with Crippen molar-refractivity contribution in [1.29, 1.82) is 0 Å². The molecule has 2 aromatic carbocycles. The average Bonchev–Trinajstić information content (AvgIpc) is 3.13. The molecule has 0 atom stereocenters. The molecule has 1 aromatic heterocycles. The largest absolute Gasteiger partial charge is 0.322 e. The summed E-state index contributed by atoms with van der Waals surface area (Å²) < 4.78 is 30.2. The van der Waals surface area contributed by atoms with Crippen LogP contribution in [0.25, 0.3) is 11.4 Å². The molecule has 35 heavy (non-hydrogen) atoms. The molecule has 2 aliphatic heterocycles. The van der Waals surface area contributed by atoms with Gasteiger partial charge in [0.2, 0.25) is 10.0 Å². The second kappa shape index (κ2) is 9.91. The maximum absolute atomic E-state index is 13.2. The van der Waals surface area contributed by atoms with Crippen molar-refractivity contribution in [3.63, 3.8) is 0 Å². The predicted molar refractivity (Wildman–Crippen MR) is 135 cm³/mol. The fraction of sp³-hybridized carbons (Fsp3) is 0.423. The summed E-state index contributed by atoms with van der Waals surface area (Å²) in [5.74, 6) is 1.47. The highest BCUT2D eigenvalue weighted by Gasteiger charge is 2.28. The smallest absolute Gasteiger partial charge is 0.255 e. The van der Waals surface area contributed by atoms with Crippen LogP contribution in [0, 0.1) is 6.92 Å². The van der Waals surface area contributed by atoms with Crippen LogP contribution in [0.2, 0.25) is 0 Å². The van der Waals surface area contributed by atoms with Crippen LogP contribution in [-0.4, -0.2) is 46.5 Å². The minimum atomic E-state index is -3.63. The first kappa shape index (κ1) is 23.7. The molecule has 1 amide bonds. The molecule has 1 saturated heterocycles. The average molecular weight is 494 g/mol. The molecule has 0 spiro atoms. The summed E-state index contributed by atoms with van der Waals surface area (Å²) in [5.41, 5.74) is 2.47. The number of anilines is 1. The monoisotopic (exact) mass is 493 g/mol. The lowest BCUT2D eigenvalue weighted by molar-refractivity contribution is 0.102. The van der Waals surface area contributed by atoms with Gasteiger partial charge in [-0.15, -0.1) is 10.2 Å². The van der Waals surface area contributed by atoms with Crippen LogP contribution in [-0.2, 0) is 23.0 Å². The van der Waals surface area contributed by atoms with Crippen molar-refractivity contribution in [2.75, 3.05) is 18.4 Å². The Balaban J connectivity index is 1.38. The van der Waals surface area contributed by atoms with Gasteiger partial charge in [-0.3, -0.25) is 4.79 Å². The normalized spacial score (nSPS) is 16.9. The van der Waals surface area contributed by atoms with Crippen molar-refractivity contribution in [1.82, 2.24) is 19.1 Å². The summed E-state index contributed by atoms with van der Waals surface area (Å²) in [6.07, 6.45) is 7.12.